The van der Waals surface area contributed by atoms with Crippen LogP contribution in [0.5, 0.6) is 0 Å². The number of ether oxygens (including phenoxy) is 2. The molecule has 0 aromatic heterocycles. The highest BCUT2D eigenvalue weighted by Crippen LogP contribution is 2.29. The highest BCUT2D eigenvalue weighted by Gasteiger charge is 2.21. The number of hydrogen-bond acceptors (Lipinski definition) is 5. The van der Waals surface area contributed by atoms with Crippen molar-refractivity contribution in [3.05, 3.63) is 23.8 Å². The molecule has 1 aromatic rings. The first kappa shape index (κ1) is 14.7. The molecule has 1 aliphatic rings. The first-order chi connectivity index (χ1) is 9.63. The zero-order valence-electron chi connectivity index (χ0n) is 12.1. The number of carbonyl (C=O) groups excluding carboxylic acids is 1. The van der Waals surface area contributed by atoms with Crippen molar-refractivity contribution in [1.29, 1.82) is 0 Å². The lowest BCUT2D eigenvalue weighted by molar-refractivity contribution is 0.0602. The topological polar surface area (TPSA) is 64.8 Å². The molecule has 1 aromatic carbocycles. The van der Waals surface area contributed by atoms with E-state index in [0.29, 0.717) is 17.9 Å². The van der Waals surface area contributed by atoms with Gasteiger partial charge < -0.3 is 20.1 Å². The molecular weight excluding hydrogens is 256 g/mol. The van der Waals surface area contributed by atoms with Crippen LogP contribution >= 0.6 is 0 Å². The third-order valence-corrected chi connectivity index (χ3v) is 3.52. The molecule has 1 fully saturated rings. The maximum Gasteiger partial charge on any atom is 0.340 e. The van der Waals surface area contributed by atoms with Gasteiger partial charge >= 0.3 is 5.97 Å². The van der Waals surface area contributed by atoms with Crippen LogP contribution in [-0.4, -0.2) is 39.9 Å². The fraction of sp³-hybridized carbons (Fsp3) is 0.533. The molecule has 110 valence electrons. The van der Waals surface area contributed by atoms with E-state index in [1.54, 1.807) is 12.1 Å². The average molecular weight is 278 g/mol. The first-order valence-electron chi connectivity index (χ1n) is 6.89. The van der Waals surface area contributed by atoms with Gasteiger partial charge in [-0.15, -0.1) is 0 Å². The molecule has 5 nitrogen and oxygen atoms in total. The molecule has 1 saturated carbocycles. The van der Waals surface area contributed by atoms with Crippen molar-refractivity contribution in [3.8, 4) is 0 Å². The Morgan fingerprint density at radius 1 is 1.45 bits per heavy atom. The molecule has 1 aliphatic carbocycles. The summed E-state index contributed by atoms with van der Waals surface area (Å²) < 4.78 is 10.3. The van der Waals surface area contributed by atoms with Crippen LogP contribution in [0.25, 0.3) is 0 Å². The number of likely N-dealkylation sites (N-methyl/N-ethyl adjacent to an activating group) is 1. The third kappa shape index (κ3) is 3.63. The van der Waals surface area contributed by atoms with Gasteiger partial charge in [0.2, 0.25) is 0 Å². The Kier molecular flexibility index (Phi) is 4.84. The quantitative estimate of drug-likeness (QED) is 0.469. The molecule has 0 amide bonds. The molecule has 0 radical (unpaired) electrons. The predicted molar refractivity (Wildman–Crippen MR) is 79.0 cm³/mol. The minimum Gasteiger partial charge on any atom is -0.465 e. The van der Waals surface area contributed by atoms with Crippen molar-refractivity contribution in [3.63, 3.8) is 0 Å². The van der Waals surface area contributed by atoms with E-state index in [-0.39, 0.29) is 0 Å². The van der Waals surface area contributed by atoms with Crippen molar-refractivity contribution < 1.29 is 14.3 Å². The molecule has 0 unspecified atom stereocenters. The summed E-state index contributed by atoms with van der Waals surface area (Å²) in [5, 5.41) is 0. The van der Waals surface area contributed by atoms with Crippen LogP contribution in [0.1, 0.15) is 23.2 Å². The van der Waals surface area contributed by atoms with Crippen LogP contribution < -0.4 is 10.6 Å². The summed E-state index contributed by atoms with van der Waals surface area (Å²) in [4.78, 5) is 13.6. The molecular formula is C15H22N2O3. The molecule has 2 rings (SSSR count). The summed E-state index contributed by atoms with van der Waals surface area (Å²) in [6.45, 7) is 2.25. The summed E-state index contributed by atoms with van der Waals surface area (Å²) in [7, 11) is 3.29. The van der Waals surface area contributed by atoms with E-state index in [2.05, 4.69) is 0 Å². The highest BCUT2D eigenvalue weighted by molar-refractivity contribution is 5.98. The molecule has 0 atom stereocenters. The molecule has 0 aliphatic heterocycles. The van der Waals surface area contributed by atoms with E-state index in [1.807, 2.05) is 18.0 Å². The summed E-state index contributed by atoms with van der Waals surface area (Å²) in [5.74, 6) is 0.357. The number of methoxy groups -OCH3 is 1. The van der Waals surface area contributed by atoms with Crippen LogP contribution in [0.2, 0.25) is 0 Å². The van der Waals surface area contributed by atoms with Gasteiger partial charge in [-0.25, -0.2) is 4.79 Å². The van der Waals surface area contributed by atoms with Gasteiger partial charge in [-0.05, 0) is 30.9 Å². The minimum atomic E-state index is -0.414. The summed E-state index contributed by atoms with van der Waals surface area (Å²) in [5.41, 5.74) is 7.71. The van der Waals surface area contributed by atoms with Gasteiger partial charge in [0.25, 0.3) is 0 Å². The number of nitrogen functional groups attached to an aromatic ring is 1. The molecule has 5 heteroatoms. The molecule has 0 heterocycles. The maximum atomic E-state index is 11.6. The van der Waals surface area contributed by atoms with E-state index < -0.39 is 5.97 Å². The minimum absolute atomic E-state index is 0.399. The molecule has 0 saturated heterocycles. The van der Waals surface area contributed by atoms with Crippen molar-refractivity contribution >= 4 is 17.3 Å². The van der Waals surface area contributed by atoms with Crippen molar-refractivity contribution in [2.24, 2.45) is 5.92 Å². The Bertz CT molecular complexity index is 472. The largest absolute Gasteiger partial charge is 0.465 e. The molecule has 0 spiro atoms. The number of carbonyl (C=O) groups is 1. The van der Waals surface area contributed by atoms with E-state index in [0.717, 1.165) is 24.8 Å². The van der Waals surface area contributed by atoms with E-state index >= 15 is 0 Å². The second kappa shape index (κ2) is 6.61. The van der Waals surface area contributed by atoms with Gasteiger partial charge in [-0.2, -0.15) is 0 Å². The summed E-state index contributed by atoms with van der Waals surface area (Å²) in [6, 6.07) is 5.37. The van der Waals surface area contributed by atoms with Crippen LogP contribution in [0.15, 0.2) is 18.2 Å². The standard InChI is InChI=1S/C15H22N2O3/c1-17(8-9-20-10-11-6-7-11)13-5-3-4-12(14(13)16)15(18)19-2/h3-5,11H,6-10,16H2,1-2H3. The van der Waals surface area contributed by atoms with Crippen molar-refractivity contribution in [2.75, 3.05) is 44.5 Å². The van der Waals surface area contributed by atoms with Crippen LogP contribution in [-0.2, 0) is 9.47 Å². The number of nitrogens with zero attached hydrogens (tertiary/aromatic N) is 1. The van der Waals surface area contributed by atoms with Gasteiger partial charge in [0.1, 0.15) is 0 Å². The normalized spacial score (nSPS) is 14.1. The maximum absolute atomic E-state index is 11.6. The van der Waals surface area contributed by atoms with Gasteiger partial charge in [-0.3, -0.25) is 0 Å². The summed E-state index contributed by atoms with van der Waals surface area (Å²) >= 11 is 0. The summed E-state index contributed by atoms with van der Waals surface area (Å²) in [6.07, 6.45) is 2.59. The smallest absolute Gasteiger partial charge is 0.340 e. The highest BCUT2D eigenvalue weighted by atomic mass is 16.5. The van der Waals surface area contributed by atoms with Gasteiger partial charge in [0.05, 0.1) is 30.7 Å². The number of nitrogens with two attached hydrogens (primary N) is 1. The average Bonchev–Trinajstić information content (AvgIpc) is 3.27. The van der Waals surface area contributed by atoms with Crippen LogP contribution in [0, 0.1) is 5.92 Å². The fourth-order valence-electron chi connectivity index (χ4n) is 2.03. The SMILES string of the molecule is COC(=O)c1cccc(N(C)CCOCC2CC2)c1N. The third-order valence-electron chi connectivity index (χ3n) is 3.52. The van der Waals surface area contributed by atoms with Gasteiger partial charge in [0, 0.05) is 20.2 Å². The zero-order valence-corrected chi connectivity index (χ0v) is 12.1. The fourth-order valence-corrected chi connectivity index (χ4v) is 2.03. The second-order valence-electron chi connectivity index (χ2n) is 5.17. The lowest BCUT2D eigenvalue weighted by atomic mass is 10.1. The number of rotatable bonds is 7. The number of anilines is 2. The van der Waals surface area contributed by atoms with Crippen molar-refractivity contribution in [1.82, 2.24) is 0 Å². The Morgan fingerprint density at radius 3 is 2.85 bits per heavy atom. The zero-order chi connectivity index (χ0) is 14.5. The predicted octanol–water partition coefficient (Wildman–Crippen LogP) is 1.92. The number of esters is 1. The van der Waals surface area contributed by atoms with Gasteiger partial charge in [0.15, 0.2) is 0 Å². The monoisotopic (exact) mass is 278 g/mol. The van der Waals surface area contributed by atoms with E-state index in [9.17, 15) is 4.79 Å². The van der Waals surface area contributed by atoms with Gasteiger partial charge in [-0.1, -0.05) is 6.07 Å². The van der Waals surface area contributed by atoms with Crippen LogP contribution in [0.4, 0.5) is 11.4 Å². The second-order valence-corrected chi connectivity index (χ2v) is 5.17. The Hall–Kier alpha value is -1.75. The van der Waals surface area contributed by atoms with Crippen LogP contribution in [0.3, 0.4) is 0 Å². The van der Waals surface area contributed by atoms with E-state index in [1.165, 1.54) is 20.0 Å². The Balaban J connectivity index is 1.93. The first-order valence-corrected chi connectivity index (χ1v) is 6.89. The molecule has 20 heavy (non-hydrogen) atoms. The Morgan fingerprint density at radius 2 is 2.20 bits per heavy atom. The van der Waals surface area contributed by atoms with Crippen molar-refractivity contribution in [2.45, 2.75) is 12.8 Å². The van der Waals surface area contributed by atoms with E-state index in [4.69, 9.17) is 15.2 Å². The number of para-hydroxylation sites is 1. The molecule has 2 N–H and O–H groups in total. The number of benzene rings is 1. The lowest BCUT2D eigenvalue weighted by Gasteiger charge is -2.22. The molecule has 0 bridgehead atoms. The number of hydrogen-bond donors (Lipinski definition) is 1. The lowest BCUT2D eigenvalue weighted by Crippen LogP contribution is -2.24. The Labute approximate surface area is 119 Å².